The van der Waals surface area contributed by atoms with Crippen molar-refractivity contribution >= 4 is 0 Å². The minimum atomic E-state index is 0.259. The number of piperazine rings is 1. The highest BCUT2D eigenvalue weighted by molar-refractivity contribution is 4.82. The molecule has 15 heavy (non-hydrogen) atoms. The second-order valence-electron chi connectivity index (χ2n) is 4.70. The second-order valence-corrected chi connectivity index (χ2v) is 4.70. The minimum Gasteiger partial charge on any atom is -0.379 e. The summed E-state index contributed by atoms with van der Waals surface area (Å²) in [7, 11) is 0. The van der Waals surface area contributed by atoms with Crippen LogP contribution in [0.3, 0.4) is 0 Å². The van der Waals surface area contributed by atoms with Gasteiger partial charge in [-0.3, -0.25) is 0 Å². The summed E-state index contributed by atoms with van der Waals surface area (Å²) in [6.45, 7) is 10.9. The van der Waals surface area contributed by atoms with Gasteiger partial charge in [-0.05, 0) is 6.54 Å². The first kappa shape index (κ1) is 11.3. The van der Waals surface area contributed by atoms with Gasteiger partial charge in [0.2, 0.25) is 0 Å². The van der Waals surface area contributed by atoms with Gasteiger partial charge in [0.25, 0.3) is 0 Å². The van der Waals surface area contributed by atoms with Crippen molar-refractivity contribution in [1.82, 2.24) is 9.80 Å². The average Bonchev–Trinajstić information content (AvgIpc) is 2.66. The molecule has 88 valence electrons. The SMILES string of the molecule is CCN1CCN(CC2COCC2N)CC1. The van der Waals surface area contributed by atoms with E-state index in [9.17, 15) is 0 Å². The van der Waals surface area contributed by atoms with E-state index in [1.54, 1.807) is 0 Å². The van der Waals surface area contributed by atoms with Crippen LogP contribution in [0.1, 0.15) is 6.92 Å². The molecule has 2 unspecified atom stereocenters. The zero-order chi connectivity index (χ0) is 10.7. The van der Waals surface area contributed by atoms with Crippen molar-refractivity contribution < 1.29 is 4.74 Å². The smallest absolute Gasteiger partial charge is 0.0621 e. The largest absolute Gasteiger partial charge is 0.379 e. The molecule has 2 rings (SSSR count). The Balaban J connectivity index is 1.72. The predicted octanol–water partition coefficient (Wildman–Crippen LogP) is -0.402. The summed E-state index contributed by atoms with van der Waals surface area (Å²) in [5.41, 5.74) is 5.99. The lowest BCUT2D eigenvalue weighted by Crippen LogP contribution is -2.49. The molecule has 4 heteroatoms. The fraction of sp³-hybridized carbons (Fsp3) is 1.00. The first-order valence-electron chi connectivity index (χ1n) is 6.07. The molecule has 0 radical (unpaired) electrons. The van der Waals surface area contributed by atoms with Gasteiger partial charge in [-0.15, -0.1) is 0 Å². The van der Waals surface area contributed by atoms with Crippen LogP contribution >= 0.6 is 0 Å². The highest BCUT2D eigenvalue weighted by Crippen LogP contribution is 2.14. The van der Waals surface area contributed by atoms with Gasteiger partial charge < -0.3 is 20.3 Å². The van der Waals surface area contributed by atoms with Crippen LogP contribution in [0.4, 0.5) is 0 Å². The minimum absolute atomic E-state index is 0.259. The molecule has 0 spiro atoms. The molecule has 2 heterocycles. The van der Waals surface area contributed by atoms with Crippen molar-refractivity contribution in [3.8, 4) is 0 Å². The molecule has 2 fully saturated rings. The molecule has 2 atom stereocenters. The Labute approximate surface area is 92.4 Å². The number of rotatable bonds is 3. The number of hydrogen-bond donors (Lipinski definition) is 1. The molecule has 2 N–H and O–H groups in total. The number of likely N-dealkylation sites (N-methyl/N-ethyl adjacent to an activating group) is 1. The molecular weight excluding hydrogens is 190 g/mol. The van der Waals surface area contributed by atoms with Crippen LogP contribution < -0.4 is 5.73 Å². The van der Waals surface area contributed by atoms with E-state index in [4.69, 9.17) is 10.5 Å². The Hall–Kier alpha value is -0.160. The zero-order valence-corrected chi connectivity index (χ0v) is 9.69. The van der Waals surface area contributed by atoms with Crippen molar-refractivity contribution in [3.63, 3.8) is 0 Å². The van der Waals surface area contributed by atoms with Gasteiger partial charge in [0, 0.05) is 44.7 Å². The Morgan fingerprint density at radius 2 is 1.80 bits per heavy atom. The normalized spacial score (nSPS) is 34.8. The summed E-state index contributed by atoms with van der Waals surface area (Å²) in [6, 6.07) is 0.259. The van der Waals surface area contributed by atoms with Crippen LogP contribution in [0, 0.1) is 5.92 Å². The van der Waals surface area contributed by atoms with Gasteiger partial charge in [-0.2, -0.15) is 0 Å². The molecule has 2 saturated heterocycles. The highest BCUT2D eigenvalue weighted by Gasteiger charge is 2.27. The Bertz CT molecular complexity index is 192. The predicted molar refractivity (Wildman–Crippen MR) is 60.8 cm³/mol. The van der Waals surface area contributed by atoms with Crippen LogP contribution in [-0.2, 0) is 4.74 Å². The van der Waals surface area contributed by atoms with Crippen molar-refractivity contribution in [2.24, 2.45) is 11.7 Å². The van der Waals surface area contributed by atoms with Crippen LogP contribution in [0.5, 0.6) is 0 Å². The topological polar surface area (TPSA) is 41.7 Å². The van der Waals surface area contributed by atoms with Gasteiger partial charge in [0.15, 0.2) is 0 Å². The Morgan fingerprint density at radius 3 is 2.33 bits per heavy atom. The molecule has 0 aromatic rings. The van der Waals surface area contributed by atoms with Gasteiger partial charge in [-0.25, -0.2) is 0 Å². The third kappa shape index (κ3) is 2.91. The fourth-order valence-electron chi connectivity index (χ4n) is 2.42. The van der Waals surface area contributed by atoms with Gasteiger partial charge in [-0.1, -0.05) is 6.92 Å². The summed E-state index contributed by atoms with van der Waals surface area (Å²) in [5, 5.41) is 0. The van der Waals surface area contributed by atoms with Crippen molar-refractivity contribution in [1.29, 1.82) is 0 Å². The lowest BCUT2D eigenvalue weighted by molar-refractivity contribution is 0.113. The lowest BCUT2D eigenvalue weighted by atomic mass is 10.0. The van der Waals surface area contributed by atoms with E-state index >= 15 is 0 Å². The third-order valence-electron chi connectivity index (χ3n) is 3.65. The fourth-order valence-corrected chi connectivity index (χ4v) is 2.42. The van der Waals surface area contributed by atoms with Crippen LogP contribution in [0.15, 0.2) is 0 Å². The molecule has 0 saturated carbocycles. The summed E-state index contributed by atoms with van der Waals surface area (Å²) in [4.78, 5) is 5.03. The zero-order valence-electron chi connectivity index (χ0n) is 9.69. The van der Waals surface area contributed by atoms with Crippen LogP contribution in [0.2, 0.25) is 0 Å². The van der Waals surface area contributed by atoms with E-state index in [-0.39, 0.29) is 6.04 Å². The summed E-state index contributed by atoms with van der Waals surface area (Å²) >= 11 is 0. The quantitative estimate of drug-likeness (QED) is 0.692. The molecule has 2 aliphatic rings. The number of ether oxygens (including phenoxy) is 1. The Kier molecular flexibility index (Phi) is 3.97. The molecule has 0 aromatic heterocycles. The van der Waals surface area contributed by atoms with Gasteiger partial charge in [0.1, 0.15) is 0 Å². The second kappa shape index (κ2) is 5.25. The van der Waals surface area contributed by atoms with Gasteiger partial charge in [0.05, 0.1) is 13.2 Å². The molecular formula is C11H23N3O. The lowest BCUT2D eigenvalue weighted by Gasteiger charge is -2.35. The third-order valence-corrected chi connectivity index (χ3v) is 3.65. The van der Waals surface area contributed by atoms with Crippen molar-refractivity contribution in [2.75, 3.05) is 52.5 Å². The maximum absolute atomic E-state index is 5.99. The van der Waals surface area contributed by atoms with E-state index in [2.05, 4.69) is 16.7 Å². The molecule has 0 amide bonds. The number of nitrogens with zero attached hydrogens (tertiary/aromatic N) is 2. The highest BCUT2D eigenvalue weighted by atomic mass is 16.5. The first-order valence-corrected chi connectivity index (χ1v) is 6.07. The Morgan fingerprint density at radius 1 is 1.13 bits per heavy atom. The number of nitrogens with two attached hydrogens (primary N) is 1. The maximum Gasteiger partial charge on any atom is 0.0621 e. The maximum atomic E-state index is 5.99. The standard InChI is InChI=1S/C11H23N3O/c1-2-13-3-5-14(6-4-13)7-10-8-15-9-11(10)12/h10-11H,2-9,12H2,1H3. The summed E-state index contributed by atoms with van der Waals surface area (Å²) < 4.78 is 5.39. The van der Waals surface area contributed by atoms with Gasteiger partial charge >= 0.3 is 0 Å². The molecule has 0 aromatic carbocycles. The summed E-state index contributed by atoms with van der Waals surface area (Å²) in [5.74, 6) is 0.554. The van der Waals surface area contributed by atoms with Crippen LogP contribution in [-0.4, -0.2) is 68.3 Å². The molecule has 0 aliphatic carbocycles. The van der Waals surface area contributed by atoms with Crippen LogP contribution in [0.25, 0.3) is 0 Å². The van der Waals surface area contributed by atoms with E-state index in [1.165, 1.54) is 32.7 Å². The van der Waals surface area contributed by atoms with E-state index in [0.717, 1.165) is 19.8 Å². The van der Waals surface area contributed by atoms with Crippen molar-refractivity contribution in [2.45, 2.75) is 13.0 Å². The molecule has 0 bridgehead atoms. The molecule has 4 nitrogen and oxygen atoms in total. The van der Waals surface area contributed by atoms with E-state index in [1.807, 2.05) is 0 Å². The molecule has 2 aliphatic heterocycles. The first-order chi connectivity index (χ1) is 7.29. The number of hydrogen-bond acceptors (Lipinski definition) is 4. The monoisotopic (exact) mass is 213 g/mol. The van der Waals surface area contributed by atoms with Crippen molar-refractivity contribution in [3.05, 3.63) is 0 Å². The summed E-state index contributed by atoms with van der Waals surface area (Å²) in [6.07, 6.45) is 0. The van der Waals surface area contributed by atoms with E-state index < -0.39 is 0 Å². The van der Waals surface area contributed by atoms with E-state index in [0.29, 0.717) is 5.92 Å². The average molecular weight is 213 g/mol.